The molecule has 2 heteroatoms. The quantitative estimate of drug-likeness (QED) is 0.770. The zero-order chi connectivity index (χ0) is 12.1. The molecule has 17 heavy (non-hydrogen) atoms. The van der Waals surface area contributed by atoms with E-state index >= 15 is 0 Å². The highest BCUT2D eigenvalue weighted by Crippen LogP contribution is 2.23. The Morgan fingerprint density at radius 1 is 1.35 bits per heavy atom. The fourth-order valence-electron chi connectivity index (χ4n) is 1.84. The molecule has 0 amide bonds. The first-order chi connectivity index (χ1) is 8.29. The maximum atomic E-state index is 5.44. The Labute approximate surface area is 102 Å². The maximum Gasteiger partial charge on any atom is 0.126 e. The van der Waals surface area contributed by atoms with Crippen LogP contribution in [-0.2, 0) is 0 Å². The van der Waals surface area contributed by atoms with Crippen molar-refractivity contribution in [1.29, 1.82) is 0 Å². The molecule has 0 aliphatic rings. The van der Waals surface area contributed by atoms with Gasteiger partial charge in [0.2, 0.25) is 0 Å². The third kappa shape index (κ3) is 3.00. The summed E-state index contributed by atoms with van der Waals surface area (Å²) < 4.78 is 5.44. The predicted octanol–water partition coefficient (Wildman–Crippen LogP) is 4.32. The molecule has 1 N–H and O–H groups in total. The lowest BCUT2D eigenvalue weighted by Gasteiger charge is -2.16. The van der Waals surface area contributed by atoms with Gasteiger partial charge in [-0.3, -0.25) is 0 Å². The molecule has 0 unspecified atom stereocenters. The molecule has 2 nitrogen and oxygen atoms in total. The third-order valence-corrected chi connectivity index (χ3v) is 2.65. The fourth-order valence-corrected chi connectivity index (χ4v) is 1.84. The van der Waals surface area contributed by atoms with Crippen LogP contribution in [0, 0.1) is 6.92 Å². The summed E-state index contributed by atoms with van der Waals surface area (Å²) in [7, 11) is 0. The lowest BCUT2D eigenvalue weighted by Crippen LogP contribution is -2.09. The molecule has 0 aliphatic heterocycles. The molecule has 1 heterocycles. The number of furan rings is 1. The Kier molecular flexibility index (Phi) is 3.66. The van der Waals surface area contributed by atoms with Gasteiger partial charge in [0.1, 0.15) is 5.76 Å². The summed E-state index contributed by atoms with van der Waals surface area (Å²) in [5, 5.41) is 3.46. The van der Waals surface area contributed by atoms with Crippen molar-refractivity contribution in [3.63, 3.8) is 0 Å². The minimum Gasteiger partial charge on any atom is -0.467 e. The van der Waals surface area contributed by atoms with Crippen molar-refractivity contribution in [2.75, 3.05) is 5.32 Å². The van der Waals surface area contributed by atoms with Crippen LogP contribution >= 0.6 is 0 Å². The number of hydrogen-bond acceptors (Lipinski definition) is 2. The Hall–Kier alpha value is -1.96. The molecule has 2 rings (SSSR count). The Morgan fingerprint density at radius 3 is 2.88 bits per heavy atom. The number of rotatable bonds is 5. The normalized spacial score (nSPS) is 12.1. The lowest BCUT2D eigenvalue weighted by atomic mass is 10.1. The average Bonchev–Trinajstić information content (AvgIpc) is 2.82. The van der Waals surface area contributed by atoms with Crippen molar-refractivity contribution < 1.29 is 4.42 Å². The van der Waals surface area contributed by atoms with Crippen molar-refractivity contribution in [1.82, 2.24) is 0 Å². The van der Waals surface area contributed by atoms with Crippen molar-refractivity contribution in [2.45, 2.75) is 19.4 Å². The molecule has 0 bridgehead atoms. The van der Waals surface area contributed by atoms with Gasteiger partial charge in [-0.25, -0.2) is 0 Å². The number of nitrogens with one attached hydrogen (secondary N) is 1. The van der Waals surface area contributed by atoms with Crippen molar-refractivity contribution in [3.8, 4) is 0 Å². The van der Waals surface area contributed by atoms with E-state index < -0.39 is 0 Å². The molecule has 0 aliphatic carbocycles. The largest absolute Gasteiger partial charge is 0.467 e. The highest BCUT2D eigenvalue weighted by atomic mass is 16.3. The summed E-state index contributed by atoms with van der Waals surface area (Å²) in [6.45, 7) is 5.87. The van der Waals surface area contributed by atoms with Gasteiger partial charge in [-0.15, -0.1) is 6.58 Å². The van der Waals surface area contributed by atoms with Crippen LogP contribution in [0.1, 0.15) is 23.8 Å². The number of aryl methyl sites for hydroxylation is 1. The van der Waals surface area contributed by atoms with E-state index in [0.29, 0.717) is 0 Å². The van der Waals surface area contributed by atoms with Gasteiger partial charge in [-0.05, 0) is 43.2 Å². The van der Waals surface area contributed by atoms with Gasteiger partial charge >= 0.3 is 0 Å². The zero-order valence-electron chi connectivity index (χ0n) is 10.0. The monoisotopic (exact) mass is 227 g/mol. The summed E-state index contributed by atoms with van der Waals surface area (Å²) in [6.07, 6.45) is 4.43. The number of hydrogen-bond donors (Lipinski definition) is 1. The molecule has 0 radical (unpaired) electrons. The molecule has 0 saturated carbocycles. The van der Waals surface area contributed by atoms with E-state index in [0.717, 1.165) is 17.9 Å². The second-order valence-corrected chi connectivity index (χ2v) is 4.11. The summed E-state index contributed by atoms with van der Waals surface area (Å²) in [6, 6.07) is 12.3. The van der Waals surface area contributed by atoms with Crippen LogP contribution in [0.2, 0.25) is 0 Å². The van der Waals surface area contributed by atoms with Crippen molar-refractivity contribution in [2.24, 2.45) is 0 Å². The van der Waals surface area contributed by atoms with Gasteiger partial charge in [-0.1, -0.05) is 18.2 Å². The summed E-state index contributed by atoms with van der Waals surface area (Å²) in [4.78, 5) is 0. The molecule has 0 spiro atoms. The van der Waals surface area contributed by atoms with Crippen LogP contribution in [0.15, 0.2) is 59.7 Å². The van der Waals surface area contributed by atoms with E-state index in [1.807, 2.05) is 24.3 Å². The maximum absolute atomic E-state index is 5.44. The second-order valence-electron chi connectivity index (χ2n) is 4.11. The first-order valence-corrected chi connectivity index (χ1v) is 5.77. The Balaban J connectivity index is 2.15. The highest BCUT2D eigenvalue weighted by Gasteiger charge is 2.12. The predicted molar refractivity (Wildman–Crippen MR) is 71.1 cm³/mol. The van der Waals surface area contributed by atoms with E-state index in [-0.39, 0.29) is 6.04 Å². The van der Waals surface area contributed by atoms with Gasteiger partial charge in [0.15, 0.2) is 0 Å². The average molecular weight is 227 g/mol. The standard InChI is InChI=1S/C15H17NO/c1-3-6-14(15-9-5-10-17-15)16-13-8-4-7-12(2)11-13/h3-5,7-11,14,16H,1,6H2,2H3/t14-/m0/s1. The molecular formula is C15H17NO. The van der Waals surface area contributed by atoms with Crippen LogP contribution in [0.25, 0.3) is 0 Å². The lowest BCUT2D eigenvalue weighted by molar-refractivity contribution is 0.480. The van der Waals surface area contributed by atoms with Gasteiger partial charge in [0.25, 0.3) is 0 Å². The summed E-state index contributed by atoms with van der Waals surface area (Å²) in [5.74, 6) is 0.936. The van der Waals surface area contributed by atoms with E-state index in [4.69, 9.17) is 4.42 Å². The SMILES string of the molecule is C=CC[C@H](Nc1cccc(C)c1)c1ccco1. The minimum atomic E-state index is 0.143. The molecule has 1 aromatic heterocycles. The minimum absolute atomic E-state index is 0.143. The highest BCUT2D eigenvalue weighted by molar-refractivity contribution is 5.47. The molecule has 0 fully saturated rings. The van der Waals surface area contributed by atoms with Crippen molar-refractivity contribution in [3.05, 3.63) is 66.6 Å². The van der Waals surface area contributed by atoms with Gasteiger partial charge < -0.3 is 9.73 Å². The van der Waals surface area contributed by atoms with E-state index in [1.54, 1.807) is 6.26 Å². The summed E-state index contributed by atoms with van der Waals surface area (Å²) >= 11 is 0. The van der Waals surface area contributed by atoms with Crippen molar-refractivity contribution >= 4 is 5.69 Å². The van der Waals surface area contributed by atoms with Crippen LogP contribution in [0.5, 0.6) is 0 Å². The van der Waals surface area contributed by atoms with Gasteiger partial charge in [0.05, 0.1) is 12.3 Å². The summed E-state index contributed by atoms with van der Waals surface area (Å²) in [5.41, 5.74) is 2.35. The van der Waals surface area contributed by atoms with Crippen LogP contribution in [0.4, 0.5) is 5.69 Å². The molecule has 0 saturated heterocycles. The fraction of sp³-hybridized carbons (Fsp3) is 0.200. The number of benzene rings is 1. The molecular weight excluding hydrogens is 210 g/mol. The van der Waals surface area contributed by atoms with E-state index in [2.05, 4.69) is 37.0 Å². The number of anilines is 1. The molecule has 88 valence electrons. The molecule has 1 aromatic carbocycles. The van der Waals surface area contributed by atoms with E-state index in [1.165, 1.54) is 5.56 Å². The first kappa shape index (κ1) is 11.5. The third-order valence-electron chi connectivity index (χ3n) is 2.65. The van der Waals surface area contributed by atoms with E-state index in [9.17, 15) is 0 Å². The van der Waals surface area contributed by atoms with Gasteiger partial charge in [0, 0.05) is 5.69 Å². The van der Waals surface area contributed by atoms with Crippen LogP contribution in [-0.4, -0.2) is 0 Å². The molecule has 1 atom stereocenters. The Morgan fingerprint density at radius 2 is 2.24 bits per heavy atom. The Bertz CT molecular complexity index is 473. The zero-order valence-corrected chi connectivity index (χ0v) is 10.0. The van der Waals surface area contributed by atoms with Crippen LogP contribution < -0.4 is 5.32 Å². The first-order valence-electron chi connectivity index (χ1n) is 5.77. The smallest absolute Gasteiger partial charge is 0.126 e. The van der Waals surface area contributed by atoms with Gasteiger partial charge in [-0.2, -0.15) is 0 Å². The topological polar surface area (TPSA) is 25.2 Å². The van der Waals surface area contributed by atoms with Crippen LogP contribution in [0.3, 0.4) is 0 Å². The molecule has 2 aromatic rings. The second kappa shape index (κ2) is 5.39.